The Morgan fingerprint density at radius 1 is 1.33 bits per heavy atom. The number of hydrogen-bond acceptors (Lipinski definition) is 9. The minimum Gasteiger partial charge on any atom is -0.495 e. The van der Waals surface area contributed by atoms with Crippen LogP contribution >= 0.6 is 27.7 Å². The highest BCUT2D eigenvalue weighted by atomic mass is 79.9. The van der Waals surface area contributed by atoms with Gasteiger partial charge in [-0.25, -0.2) is 0 Å². The SMILES string of the molecule is COc1cc2c3c(c1Br)O[C@@H]1C=C(NNc4ccc([N+](=O)[O-])cc4)C[C@@H](C)[C@]31C[C@@H](CO)N(CCCSC)C2. The van der Waals surface area contributed by atoms with Crippen molar-refractivity contribution in [3.05, 3.63) is 67.8 Å². The zero-order valence-electron chi connectivity index (χ0n) is 22.4. The van der Waals surface area contributed by atoms with Gasteiger partial charge in [-0.1, -0.05) is 6.92 Å². The van der Waals surface area contributed by atoms with E-state index in [-0.39, 0.29) is 35.8 Å². The minimum atomic E-state index is -0.408. The van der Waals surface area contributed by atoms with Gasteiger partial charge < -0.3 is 25.4 Å². The summed E-state index contributed by atoms with van der Waals surface area (Å²) >= 11 is 5.61. The predicted molar refractivity (Wildman–Crippen MR) is 157 cm³/mol. The first kappa shape index (κ1) is 28.1. The maximum atomic E-state index is 11.0. The average molecular weight is 620 g/mol. The fourth-order valence-electron chi connectivity index (χ4n) is 6.45. The number of aliphatic hydroxyl groups is 1. The number of aliphatic hydroxyl groups excluding tert-OH is 1. The third kappa shape index (κ3) is 5.10. The van der Waals surface area contributed by atoms with Crippen LogP contribution in [0.15, 0.2) is 46.6 Å². The fourth-order valence-corrected chi connectivity index (χ4v) is 7.44. The number of nitro groups is 1. The Kier molecular flexibility index (Phi) is 8.32. The van der Waals surface area contributed by atoms with Gasteiger partial charge in [-0.2, -0.15) is 11.8 Å². The monoisotopic (exact) mass is 618 g/mol. The van der Waals surface area contributed by atoms with E-state index in [1.807, 2.05) is 11.8 Å². The number of non-ortho nitro benzene ring substituents is 1. The molecule has 1 aliphatic carbocycles. The zero-order chi connectivity index (χ0) is 27.7. The molecule has 0 saturated heterocycles. The molecule has 2 aliphatic heterocycles. The van der Waals surface area contributed by atoms with Crippen molar-refractivity contribution in [1.29, 1.82) is 0 Å². The summed E-state index contributed by atoms with van der Waals surface area (Å²) in [5.41, 5.74) is 10.4. The van der Waals surface area contributed by atoms with Gasteiger partial charge in [0, 0.05) is 41.4 Å². The molecule has 3 N–H and O–H groups in total. The summed E-state index contributed by atoms with van der Waals surface area (Å²) in [7, 11) is 1.68. The van der Waals surface area contributed by atoms with Crippen molar-refractivity contribution in [2.45, 2.75) is 50.3 Å². The molecule has 39 heavy (non-hydrogen) atoms. The number of nitro benzene ring substituents is 1. The minimum absolute atomic E-state index is 0.0182. The smallest absolute Gasteiger partial charge is 0.269 e. The van der Waals surface area contributed by atoms with Crippen LogP contribution < -0.4 is 20.3 Å². The van der Waals surface area contributed by atoms with E-state index in [0.717, 1.165) is 65.5 Å². The van der Waals surface area contributed by atoms with E-state index in [9.17, 15) is 15.2 Å². The Morgan fingerprint density at radius 2 is 2.10 bits per heavy atom. The number of thioether (sulfide) groups is 1. The number of methoxy groups -OCH3 is 1. The highest BCUT2D eigenvalue weighted by molar-refractivity contribution is 9.10. The topological polar surface area (TPSA) is 109 Å². The van der Waals surface area contributed by atoms with Gasteiger partial charge in [-0.15, -0.1) is 0 Å². The molecule has 4 atom stereocenters. The molecule has 0 unspecified atom stereocenters. The molecule has 3 aliphatic rings. The predicted octanol–water partition coefficient (Wildman–Crippen LogP) is 5.22. The Balaban J connectivity index is 1.48. The van der Waals surface area contributed by atoms with E-state index in [0.29, 0.717) is 0 Å². The van der Waals surface area contributed by atoms with Crippen LogP contribution in [-0.2, 0) is 12.0 Å². The van der Waals surface area contributed by atoms with E-state index < -0.39 is 4.92 Å². The molecule has 210 valence electrons. The number of halogens is 1. The molecular weight excluding hydrogens is 584 g/mol. The summed E-state index contributed by atoms with van der Waals surface area (Å²) in [4.78, 5) is 13.0. The van der Waals surface area contributed by atoms with Crippen LogP contribution in [0.4, 0.5) is 11.4 Å². The van der Waals surface area contributed by atoms with Gasteiger partial charge in [0.2, 0.25) is 0 Å². The van der Waals surface area contributed by atoms with Crippen molar-refractivity contribution in [3.8, 4) is 11.5 Å². The normalized spacial score (nSPS) is 25.6. The summed E-state index contributed by atoms with van der Waals surface area (Å²) in [5.74, 6) is 2.89. The van der Waals surface area contributed by atoms with Crippen LogP contribution in [0.1, 0.15) is 37.3 Å². The molecule has 2 heterocycles. The Morgan fingerprint density at radius 3 is 2.77 bits per heavy atom. The molecule has 0 fully saturated rings. The summed E-state index contributed by atoms with van der Waals surface area (Å²) in [6.07, 6.45) is 6.71. The van der Waals surface area contributed by atoms with E-state index in [2.05, 4.69) is 57.0 Å². The largest absolute Gasteiger partial charge is 0.495 e. The molecule has 0 radical (unpaired) electrons. The number of anilines is 1. The quantitative estimate of drug-likeness (QED) is 0.187. The average Bonchev–Trinajstić information content (AvgIpc) is 3.20. The van der Waals surface area contributed by atoms with E-state index >= 15 is 0 Å². The van der Waals surface area contributed by atoms with Crippen LogP contribution in [-0.4, -0.2) is 59.3 Å². The van der Waals surface area contributed by atoms with Crippen LogP contribution in [0.2, 0.25) is 0 Å². The zero-order valence-corrected chi connectivity index (χ0v) is 24.8. The van der Waals surface area contributed by atoms with Crippen LogP contribution in [0.3, 0.4) is 0 Å². The van der Waals surface area contributed by atoms with Crippen LogP contribution in [0, 0.1) is 16.0 Å². The van der Waals surface area contributed by atoms with E-state index in [4.69, 9.17) is 9.47 Å². The lowest BCUT2D eigenvalue weighted by Gasteiger charge is -2.44. The molecule has 0 saturated carbocycles. The maximum absolute atomic E-state index is 11.0. The van der Waals surface area contributed by atoms with Gasteiger partial charge >= 0.3 is 0 Å². The van der Waals surface area contributed by atoms with Crippen molar-refractivity contribution in [3.63, 3.8) is 0 Å². The highest BCUT2D eigenvalue weighted by Gasteiger charge is 2.58. The third-order valence-electron chi connectivity index (χ3n) is 8.38. The van der Waals surface area contributed by atoms with Gasteiger partial charge in [0.05, 0.1) is 24.3 Å². The lowest BCUT2D eigenvalue weighted by molar-refractivity contribution is -0.384. The third-order valence-corrected chi connectivity index (χ3v) is 9.83. The molecular formula is C28H35BrN4O5S. The van der Waals surface area contributed by atoms with Gasteiger partial charge in [0.1, 0.15) is 22.1 Å². The lowest BCUT2D eigenvalue weighted by Crippen LogP contribution is -2.51. The second-order valence-corrected chi connectivity index (χ2v) is 12.3. The number of ether oxygens (including phenoxy) is 2. The highest BCUT2D eigenvalue weighted by Crippen LogP contribution is 2.60. The number of benzene rings is 2. The summed E-state index contributed by atoms with van der Waals surface area (Å²) < 4.78 is 13.3. The van der Waals surface area contributed by atoms with Gasteiger partial charge in [0.25, 0.3) is 5.69 Å². The molecule has 0 aromatic heterocycles. The number of nitrogens with one attached hydrogen (secondary N) is 2. The first-order chi connectivity index (χ1) is 18.8. The second kappa shape index (κ2) is 11.6. The van der Waals surface area contributed by atoms with E-state index in [1.54, 1.807) is 19.2 Å². The molecule has 11 heteroatoms. The van der Waals surface area contributed by atoms with Crippen molar-refractivity contribution >= 4 is 39.1 Å². The number of allylic oxidation sites excluding steroid dienone is 1. The van der Waals surface area contributed by atoms with Crippen molar-refractivity contribution in [2.24, 2.45) is 5.92 Å². The van der Waals surface area contributed by atoms with Crippen molar-refractivity contribution in [1.82, 2.24) is 10.3 Å². The first-order valence-electron chi connectivity index (χ1n) is 13.2. The Hall–Kier alpha value is -2.47. The Bertz CT molecular complexity index is 1260. The second-order valence-electron chi connectivity index (χ2n) is 10.5. The molecule has 9 nitrogen and oxygen atoms in total. The molecule has 2 aromatic carbocycles. The molecule has 0 amide bonds. The number of hydrogen-bond donors (Lipinski definition) is 3. The Labute approximate surface area is 241 Å². The molecule has 5 rings (SSSR count). The molecule has 0 bridgehead atoms. The number of rotatable bonds is 10. The van der Waals surface area contributed by atoms with Gasteiger partial charge in [0.15, 0.2) is 0 Å². The molecule has 2 aromatic rings. The lowest BCUT2D eigenvalue weighted by atomic mass is 9.60. The maximum Gasteiger partial charge on any atom is 0.269 e. The summed E-state index contributed by atoms with van der Waals surface area (Å²) in [6.45, 7) is 4.04. The van der Waals surface area contributed by atoms with Crippen molar-refractivity contribution < 1.29 is 19.5 Å². The number of nitrogens with zero attached hydrogens (tertiary/aromatic N) is 2. The summed E-state index contributed by atoms with van der Waals surface area (Å²) in [6, 6.07) is 8.47. The van der Waals surface area contributed by atoms with Gasteiger partial charge in [-0.3, -0.25) is 15.0 Å². The first-order valence-corrected chi connectivity index (χ1v) is 15.4. The van der Waals surface area contributed by atoms with Gasteiger partial charge in [-0.05, 0) is 89.5 Å². The molecule has 1 spiro atoms. The van der Waals surface area contributed by atoms with E-state index in [1.165, 1.54) is 23.3 Å². The summed E-state index contributed by atoms with van der Waals surface area (Å²) in [5, 5.41) is 21.6. The van der Waals surface area contributed by atoms with Crippen LogP contribution in [0.25, 0.3) is 0 Å². The van der Waals surface area contributed by atoms with Crippen molar-refractivity contribution in [2.75, 3.05) is 37.7 Å². The fraction of sp³-hybridized carbons (Fsp3) is 0.500. The van der Waals surface area contributed by atoms with Crippen LogP contribution in [0.5, 0.6) is 11.5 Å². The number of hydrazine groups is 1. The standard InChI is InChI=1S/C28H35BrN4O5S/c1-17-11-20(31-30-19-5-7-21(8-6-19)33(35)36)13-24-28(17)14-22(16-34)32(9-4-10-39-3)15-18-12-23(37-2)26(29)27(38-24)25(18)28/h5-8,12-13,17,22,24,30-31,34H,4,9-11,14-16H2,1-3H3/t17-,22+,24-,28+/m1/s1.